The summed E-state index contributed by atoms with van der Waals surface area (Å²) in [7, 11) is 0. The van der Waals surface area contributed by atoms with Crippen LogP contribution in [-0.4, -0.2) is 60.0 Å². The van der Waals surface area contributed by atoms with E-state index in [1.54, 1.807) is 18.5 Å². The van der Waals surface area contributed by atoms with E-state index in [2.05, 4.69) is 15.0 Å². The van der Waals surface area contributed by atoms with Gasteiger partial charge >= 0.3 is 18.3 Å². The average Bonchev–Trinajstić information content (AvgIpc) is 2.72. The van der Waals surface area contributed by atoms with Gasteiger partial charge in [0.2, 0.25) is 0 Å². The van der Waals surface area contributed by atoms with Gasteiger partial charge < -0.3 is 10.1 Å². The molecule has 2 heterocycles. The summed E-state index contributed by atoms with van der Waals surface area (Å²) in [5.41, 5.74) is 3.46. The van der Waals surface area contributed by atoms with Gasteiger partial charge in [-0.1, -0.05) is 24.3 Å². The van der Waals surface area contributed by atoms with Crippen LogP contribution in [-0.2, 0) is 16.1 Å². The molecule has 0 bridgehead atoms. The van der Waals surface area contributed by atoms with Crippen molar-refractivity contribution >= 4 is 5.97 Å². The molecule has 3 rings (SSSR count). The summed E-state index contributed by atoms with van der Waals surface area (Å²) in [5.74, 6) is -1.57. The first-order chi connectivity index (χ1) is 15.0. The van der Waals surface area contributed by atoms with Crippen molar-refractivity contribution in [2.45, 2.75) is 38.0 Å². The largest absolute Gasteiger partial charge is 0.442 e. The zero-order chi connectivity index (χ0) is 23.5. The number of halogens is 6. The lowest BCUT2D eigenvalue weighted by atomic mass is 10.00. The summed E-state index contributed by atoms with van der Waals surface area (Å²) in [5, 5.41) is 2.82. The van der Waals surface area contributed by atoms with Crippen LogP contribution in [0, 0.1) is 6.92 Å². The molecule has 1 aromatic heterocycles. The van der Waals surface area contributed by atoms with Crippen LogP contribution in [0.3, 0.4) is 0 Å². The molecule has 1 fully saturated rings. The molecule has 0 spiro atoms. The third-order valence-electron chi connectivity index (χ3n) is 5.17. The van der Waals surface area contributed by atoms with Crippen molar-refractivity contribution in [1.82, 2.24) is 15.2 Å². The quantitative estimate of drug-likeness (QED) is 0.542. The maximum Gasteiger partial charge on any atom is 0.434 e. The highest BCUT2D eigenvalue weighted by Gasteiger charge is 2.60. The Bertz CT molecular complexity index is 919. The van der Waals surface area contributed by atoms with Crippen molar-refractivity contribution < 1.29 is 35.9 Å². The second-order valence-corrected chi connectivity index (χ2v) is 7.47. The zero-order valence-corrected chi connectivity index (χ0v) is 17.0. The SMILES string of the molecule is Cc1cc(-c2cccnc2)ccc1CN1CCNCC1C(=O)OC(C(F)(F)F)C(F)(F)F. The predicted octanol–water partition coefficient (Wildman–Crippen LogP) is 3.87. The first-order valence-corrected chi connectivity index (χ1v) is 9.75. The number of pyridine rings is 1. The van der Waals surface area contributed by atoms with Crippen LogP contribution in [0.25, 0.3) is 11.1 Å². The number of hydrogen-bond acceptors (Lipinski definition) is 5. The van der Waals surface area contributed by atoms with Gasteiger partial charge in [0.1, 0.15) is 6.04 Å². The van der Waals surface area contributed by atoms with Crippen LogP contribution < -0.4 is 5.32 Å². The molecule has 5 nitrogen and oxygen atoms in total. The topological polar surface area (TPSA) is 54.5 Å². The number of benzene rings is 1. The van der Waals surface area contributed by atoms with Crippen molar-refractivity contribution in [3.63, 3.8) is 0 Å². The first-order valence-electron chi connectivity index (χ1n) is 9.75. The fraction of sp³-hybridized carbons (Fsp3) is 0.429. The Morgan fingerprint density at radius 3 is 2.50 bits per heavy atom. The number of piperazine rings is 1. The minimum Gasteiger partial charge on any atom is -0.442 e. The van der Waals surface area contributed by atoms with Crippen LogP contribution in [0.2, 0.25) is 0 Å². The lowest BCUT2D eigenvalue weighted by Crippen LogP contribution is -2.57. The zero-order valence-electron chi connectivity index (χ0n) is 17.0. The van der Waals surface area contributed by atoms with E-state index >= 15 is 0 Å². The van der Waals surface area contributed by atoms with Gasteiger partial charge in [-0.15, -0.1) is 0 Å². The van der Waals surface area contributed by atoms with Gasteiger partial charge in [-0.2, -0.15) is 26.3 Å². The third kappa shape index (κ3) is 5.77. The van der Waals surface area contributed by atoms with Gasteiger partial charge in [0.15, 0.2) is 0 Å². The smallest absolute Gasteiger partial charge is 0.434 e. The molecule has 11 heteroatoms. The fourth-order valence-corrected chi connectivity index (χ4v) is 3.49. The monoisotopic (exact) mass is 461 g/mol. The summed E-state index contributed by atoms with van der Waals surface area (Å²) in [4.78, 5) is 17.9. The Balaban J connectivity index is 1.76. The Morgan fingerprint density at radius 2 is 1.91 bits per heavy atom. The van der Waals surface area contributed by atoms with Gasteiger partial charge in [0.05, 0.1) is 0 Å². The first kappa shape index (κ1) is 24.0. The standard InChI is InChI=1S/C21H21F6N3O2/c1-13-9-14(15-3-2-6-28-10-15)4-5-16(13)12-30-8-7-29-11-17(30)18(31)32-19(20(22,23)24)21(25,26)27/h2-6,9-10,17,19,29H,7-8,11-12H2,1H3. The highest BCUT2D eigenvalue weighted by atomic mass is 19.4. The molecule has 1 N–H and O–H groups in total. The lowest BCUT2D eigenvalue weighted by molar-refractivity contribution is -0.314. The van der Waals surface area contributed by atoms with Gasteiger partial charge in [0.25, 0.3) is 6.10 Å². The Labute approximate surface area is 180 Å². The normalized spacial score (nSPS) is 18.1. The van der Waals surface area contributed by atoms with E-state index in [0.29, 0.717) is 6.54 Å². The number of carbonyl (C=O) groups is 1. The number of ether oxygens (including phenoxy) is 1. The summed E-state index contributed by atoms with van der Waals surface area (Å²) in [6, 6.07) is 7.97. The number of nitrogens with one attached hydrogen (secondary N) is 1. The summed E-state index contributed by atoms with van der Waals surface area (Å²) < 4.78 is 80.6. The van der Waals surface area contributed by atoms with E-state index in [4.69, 9.17) is 0 Å². The van der Waals surface area contributed by atoms with E-state index in [1.165, 1.54) is 4.90 Å². The molecular formula is C21H21F6N3O2. The highest BCUT2D eigenvalue weighted by Crippen LogP contribution is 2.36. The molecule has 32 heavy (non-hydrogen) atoms. The van der Waals surface area contributed by atoms with Crippen molar-refractivity contribution in [3.8, 4) is 11.1 Å². The molecule has 1 aliphatic heterocycles. The van der Waals surface area contributed by atoms with Crippen LogP contribution in [0.15, 0.2) is 42.7 Å². The van der Waals surface area contributed by atoms with Gasteiger partial charge in [-0.3, -0.25) is 14.7 Å². The number of nitrogens with zero attached hydrogens (tertiary/aromatic N) is 2. The van der Waals surface area contributed by atoms with Crippen molar-refractivity contribution in [3.05, 3.63) is 53.9 Å². The summed E-state index contributed by atoms with van der Waals surface area (Å²) in [6.45, 7) is 2.58. The van der Waals surface area contributed by atoms with Gasteiger partial charge in [-0.25, -0.2) is 0 Å². The van der Waals surface area contributed by atoms with E-state index in [-0.39, 0.29) is 19.6 Å². The van der Waals surface area contributed by atoms with Crippen molar-refractivity contribution in [2.24, 2.45) is 0 Å². The maximum atomic E-state index is 12.8. The number of alkyl halides is 6. The van der Waals surface area contributed by atoms with Crippen LogP contribution in [0.1, 0.15) is 11.1 Å². The molecule has 1 aromatic carbocycles. The third-order valence-corrected chi connectivity index (χ3v) is 5.17. The number of hydrogen-bond donors (Lipinski definition) is 1. The van der Waals surface area contributed by atoms with E-state index in [0.717, 1.165) is 22.3 Å². The van der Waals surface area contributed by atoms with Gasteiger partial charge in [-0.05, 0) is 35.2 Å². The summed E-state index contributed by atoms with van der Waals surface area (Å²) in [6.07, 6.45) is -12.3. The summed E-state index contributed by atoms with van der Waals surface area (Å²) >= 11 is 0. The molecule has 0 saturated carbocycles. The molecule has 174 valence electrons. The second-order valence-electron chi connectivity index (χ2n) is 7.47. The molecule has 1 saturated heterocycles. The fourth-order valence-electron chi connectivity index (χ4n) is 3.49. The number of carbonyl (C=O) groups excluding carboxylic acids is 1. The van der Waals surface area contributed by atoms with E-state index < -0.39 is 30.5 Å². The number of esters is 1. The maximum absolute atomic E-state index is 12.8. The number of rotatable bonds is 5. The molecule has 2 aromatic rings. The Morgan fingerprint density at radius 1 is 1.19 bits per heavy atom. The number of aryl methyl sites for hydroxylation is 1. The lowest BCUT2D eigenvalue weighted by Gasteiger charge is -2.36. The van der Waals surface area contributed by atoms with E-state index in [9.17, 15) is 31.1 Å². The number of aromatic nitrogens is 1. The molecule has 0 aliphatic carbocycles. The molecule has 1 atom stereocenters. The predicted molar refractivity (Wildman–Crippen MR) is 103 cm³/mol. The van der Waals surface area contributed by atoms with Crippen molar-refractivity contribution in [1.29, 1.82) is 0 Å². The van der Waals surface area contributed by atoms with Crippen LogP contribution >= 0.6 is 0 Å². The Kier molecular flexibility index (Phi) is 7.09. The van der Waals surface area contributed by atoms with Crippen LogP contribution in [0.4, 0.5) is 26.3 Å². The van der Waals surface area contributed by atoms with Gasteiger partial charge in [0, 0.05) is 38.6 Å². The molecular weight excluding hydrogens is 440 g/mol. The Hall–Kier alpha value is -2.66. The minimum absolute atomic E-state index is 0.117. The van der Waals surface area contributed by atoms with Crippen molar-refractivity contribution in [2.75, 3.05) is 19.6 Å². The van der Waals surface area contributed by atoms with Crippen LogP contribution in [0.5, 0.6) is 0 Å². The van der Waals surface area contributed by atoms with E-state index in [1.807, 2.05) is 31.2 Å². The average molecular weight is 461 g/mol. The molecule has 0 radical (unpaired) electrons. The highest BCUT2D eigenvalue weighted by molar-refractivity contribution is 5.76. The molecule has 1 aliphatic rings. The minimum atomic E-state index is -5.75. The molecule has 0 amide bonds. The second kappa shape index (κ2) is 9.45. The molecule has 1 unspecified atom stereocenters.